The Bertz CT molecular complexity index is 656. The van der Waals surface area contributed by atoms with Gasteiger partial charge in [-0.2, -0.15) is 0 Å². The summed E-state index contributed by atoms with van der Waals surface area (Å²) in [5, 5.41) is 10.1. The molecule has 0 aliphatic carbocycles. The molecule has 2 aromatic rings. The molecule has 2 atom stereocenters. The molecule has 6 heteroatoms. The van der Waals surface area contributed by atoms with Crippen LogP contribution < -0.4 is 9.47 Å². The summed E-state index contributed by atoms with van der Waals surface area (Å²) in [7, 11) is 0. The molecular formula is C18H18O6. The van der Waals surface area contributed by atoms with Crippen molar-refractivity contribution in [3.63, 3.8) is 0 Å². The van der Waals surface area contributed by atoms with Gasteiger partial charge in [0, 0.05) is 6.61 Å². The maximum absolute atomic E-state index is 12.2. The quantitative estimate of drug-likeness (QED) is 0.617. The number of benzene rings is 2. The third-order valence-corrected chi connectivity index (χ3v) is 3.03. The highest BCUT2D eigenvalue weighted by atomic mass is 16.6. The molecule has 0 radical (unpaired) electrons. The van der Waals surface area contributed by atoms with Crippen molar-refractivity contribution in [2.24, 2.45) is 0 Å². The first-order valence-electron chi connectivity index (χ1n) is 7.45. The lowest BCUT2D eigenvalue weighted by molar-refractivity contribution is -0.167. The SMILES string of the molecule is CCO[C@H](C(=O)Oc1ccccc1)[C@H](O)C(=O)Oc1ccccc1. The summed E-state index contributed by atoms with van der Waals surface area (Å²) in [5.41, 5.74) is 0. The van der Waals surface area contributed by atoms with Crippen molar-refractivity contribution < 1.29 is 28.9 Å². The minimum absolute atomic E-state index is 0.115. The molecule has 126 valence electrons. The van der Waals surface area contributed by atoms with Gasteiger partial charge in [-0.05, 0) is 31.2 Å². The van der Waals surface area contributed by atoms with Crippen LogP contribution in [0.3, 0.4) is 0 Å². The molecule has 0 aromatic heterocycles. The molecule has 0 aliphatic rings. The van der Waals surface area contributed by atoms with Gasteiger partial charge in [-0.3, -0.25) is 0 Å². The Morgan fingerprint density at radius 3 is 1.79 bits per heavy atom. The van der Waals surface area contributed by atoms with Crippen LogP contribution in [0, 0.1) is 0 Å². The molecule has 0 fully saturated rings. The second-order valence-corrected chi connectivity index (χ2v) is 4.79. The van der Waals surface area contributed by atoms with E-state index in [1.165, 1.54) is 0 Å². The van der Waals surface area contributed by atoms with E-state index in [0.717, 1.165) is 0 Å². The molecule has 0 amide bonds. The molecule has 0 spiro atoms. The van der Waals surface area contributed by atoms with Gasteiger partial charge in [0.05, 0.1) is 0 Å². The molecule has 0 heterocycles. The van der Waals surface area contributed by atoms with E-state index in [-0.39, 0.29) is 18.1 Å². The first-order valence-corrected chi connectivity index (χ1v) is 7.45. The third-order valence-electron chi connectivity index (χ3n) is 3.03. The van der Waals surface area contributed by atoms with Crippen molar-refractivity contribution in [2.45, 2.75) is 19.1 Å². The van der Waals surface area contributed by atoms with Gasteiger partial charge in [0.2, 0.25) is 0 Å². The molecule has 2 aromatic carbocycles. The average molecular weight is 330 g/mol. The minimum atomic E-state index is -1.80. The van der Waals surface area contributed by atoms with E-state index >= 15 is 0 Å². The second kappa shape index (κ2) is 8.81. The predicted molar refractivity (Wildman–Crippen MR) is 85.6 cm³/mol. The van der Waals surface area contributed by atoms with Crippen LogP contribution in [-0.2, 0) is 14.3 Å². The van der Waals surface area contributed by atoms with E-state index in [9.17, 15) is 14.7 Å². The zero-order valence-corrected chi connectivity index (χ0v) is 13.1. The minimum Gasteiger partial charge on any atom is -0.425 e. The van der Waals surface area contributed by atoms with Crippen molar-refractivity contribution in [2.75, 3.05) is 6.61 Å². The maximum Gasteiger partial charge on any atom is 0.344 e. The first kappa shape index (κ1) is 17.7. The van der Waals surface area contributed by atoms with E-state index in [1.807, 2.05) is 0 Å². The monoisotopic (exact) mass is 330 g/mol. The van der Waals surface area contributed by atoms with E-state index in [1.54, 1.807) is 67.6 Å². The average Bonchev–Trinajstić information content (AvgIpc) is 2.60. The topological polar surface area (TPSA) is 82.1 Å². The highest BCUT2D eigenvalue weighted by Gasteiger charge is 2.36. The summed E-state index contributed by atoms with van der Waals surface area (Å²) in [6.45, 7) is 1.75. The Hall–Kier alpha value is -2.70. The fourth-order valence-electron chi connectivity index (χ4n) is 1.92. The third kappa shape index (κ3) is 4.91. The number of rotatable bonds is 7. The molecule has 2 rings (SSSR count). The maximum atomic E-state index is 12.2. The van der Waals surface area contributed by atoms with Gasteiger partial charge in [-0.15, -0.1) is 0 Å². The second-order valence-electron chi connectivity index (χ2n) is 4.79. The van der Waals surface area contributed by atoms with E-state index in [2.05, 4.69) is 0 Å². The van der Waals surface area contributed by atoms with Crippen molar-refractivity contribution >= 4 is 11.9 Å². The fraction of sp³-hybridized carbons (Fsp3) is 0.222. The van der Waals surface area contributed by atoms with Gasteiger partial charge in [0.25, 0.3) is 0 Å². The summed E-state index contributed by atoms with van der Waals surface area (Å²) in [5.74, 6) is -1.32. The fourth-order valence-corrected chi connectivity index (χ4v) is 1.92. The lowest BCUT2D eigenvalue weighted by Gasteiger charge is -2.20. The van der Waals surface area contributed by atoms with Crippen molar-refractivity contribution in [1.82, 2.24) is 0 Å². The van der Waals surface area contributed by atoms with Crippen LogP contribution in [0.5, 0.6) is 11.5 Å². The standard InChI is InChI=1S/C18H18O6/c1-2-22-16(18(21)24-14-11-7-4-8-12-14)15(19)17(20)23-13-9-5-3-6-10-13/h3-12,15-16,19H,2H2,1H3/t15-,16-/m0/s1. The van der Waals surface area contributed by atoms with Crippen LogP contribution in [0.4, 0.5) is 0 Å². The van der Waals surface area contributed by atoms with Gasteiger partial charge >= 0.3 is 11.9 Å². The Kier molecular flexibility index (Phi) is 6.48. The molecule has 0 saturated carbocycles. The van der Waals surface area contributed by atoms with Crippen molar-refractivity contribution in [3.05, 3.63) is 60.7 Å². The van der Waals surface area contributed by atoms with Crippen molar-refractivity contribution in [3.8, 4) is 11.5 Å². The van der Waals surface area contributed by atoms with Crippen LogP contribution in [-0.4, -0.2) is 35.9 Å². The van der Waals surface area contributed by atoms with Crippen LogP contribution in [0.15, 0.2) is 60.7 Å². The molecule has 0 bridgehead atoms. The molecule has 0 saturated heterocycles. The number of esters is 2. The van der Waals surface area contributed by atoms with Crippen LogP contribution in [0.2, 0.25) is 0 Å². The molecule has 6 nitrogen and oxygen atoms in total. The van der Waals surface area contributed by atoms with Gasteiger partial charge in [0.1, 0.15) is 11.5 Å². The van der Waals surface area contributed by atoms with Crippen LogP contribution >= 0.6 is 0 Å². The van der Waals surface area contributed by atoms with Gasteiger partial charge in [-0.1, -0.05) is 36.4 Å². The lowest BCUT2D eigenvalue weighted by atomic mass is 10.2. The van der Waals surface area contributed by atoms with Crippen LogP contribution in [0.25, 0.3) is 0 Å². The molecular weight excluding hydrogens is 312 g/mol. The Labute approximate surface area is 139 Å². The summed E-state index contributed by atoms with van der Waals surface area (Å²) >= 11 is 0. The molecule has 0 aliphatic heterocycles. The van der Waals surface area contributed by atoms with Crippen molar-refractivity contribution in [1.29, 1.82) is 0 Å². The number of aliphatic hydroxyl groups is 1. The Morgan fingerprint density at radius 1 is 0.875 bits per heavy atom. The number of carbonyl (C=O) groups excluding carboxylic acids is 2. The number of hydrogen-bond acceptors (Lipinski definition) is 6. The number of carbonyl (C=O) groups is 2. The normalized spacial score (nSPS) is 12.9. The van der Waals surface area contributed by atoms with Gasteiger partial charge in [-0.25, -0.2) is 9.59 Å². The Balaban J connectivity index is 2.04. The number of ether oxygens (including phenoxy) is 3. The number of aliphatic hydroxyl groups excluding tert-OH is 1. The molecule has 24 heavy (non-hydrogen) atoms. The highest BCUT2D eigenvalue weighted by Crippen LogP contribution is 2.14. The zero-order chi connectivity index (χ0) is 17.4. The van der Waals surface area contributed by atoms with Crippen LogP contribution in [0.1, 0.15) is 6.92 Å². The van der Waals surface area contributed by atoms with E-state index < -0.39 is 24.1 Å². The summed E-state index contributed by atoms with van der Waals surface area (Å²) in [4.78, 5) is 24.2. The summed E-state index contributed by atoms with van der Waals surface area (Å²) in [6.07, 6.45) is -3.28. The molecule has 1 N–H and O–H groups in total. The van der Waals surface area contributed by atoms with Gasteiger partial charge in [0.15, 0.2) is 12.2 Å². The largest absolute Gasteiger partial charge is 0.425 e. The first-order chi connectivity index (χ1) is 11.6. The zero-order valence-electron chi connectivity index (χ0n) is 13.1. The highest BCUT2D eigenvalue weighted by molar-refractivity contribution is 5.87. The van der Waals surface area contributed by atoms with E-state index in [4.69, 9.17) is 14.2 Å². The number of hydrogen-bond donors (Lipinski definition) is 1. The molecule has 0 unspecified atom stereocenters. The van der Waals surface area contributed by atoms with Gasteiger partial charge < -0.3 is 19.3 Å². The lowest BCUT2D eigenvalue weighted by Crippen LogP contribution is -2.45. The summed E-state index contributed by atoms with van der Waals surface area (Å²) in [6, 6.07) is 16.5. The summed E-state index contributed by atoms with van der Waals surface area (Å²) < 4.78 is 15.3. The Morgan fingerprint density at radius 2 is 1.33 bits per heavy atom. The number of para-hydroxylation sites is 2. The predicted octanol–water partition coefficient (Wildman–Crippen LogP) is 1.96. The smallest absolute Gasteiger partial charge is 0.344 e. The van der Waals surface area contributed by atoms with E-state index in [0.29, 0.717) is 0 Å².